The Labute approximate surface area is 75.2 Å². The van der Waals surface area contributed by atoms with E-state index in [0.29, 0.717) is 0 Å². The number of carbonyl (C=O) groups is 2. The molecule has 0 spiro atoms. The second-order valence-electron chi connectivity index (χ2n) is 2.75. The fourth-order valence-corrected chi connectivity index (χ4v) is 0.937. The molecule has 0 aliphatic rings. The summed E-state index contributed by atoms with van der Waals surface area (Å²) in [7, 11) is 3.13. The van der Waals surface area contributed by atoms with Crippen molar-refractivity contribution in [3.05, 3.63) is 24.0 Å². The van der Waals surface area contributed by atoms with Crippen LogP contribution in [0.1, 0.15) is 10.5 Å². The summed E-state index contributed by atoms with van der Waals surface area (Å²) in [4.78, 5) is 23.3. The molecule has 0 aliphatic heterocycles. The van der Waals surface area contributed by atoms with Crippen LogP contribution < -0.4 is 0 Å². The highest BCUT2D eigenvalue weighted by molar-refractivity contribution is 5.91. The zero-order valence-corrected chi connectivity index (χ0v) is 7.39. The summed E-state index contributed by atoms with van der Waals surface area (Å²) >= 11 is 0. The van der Waals surface area contributed by atoms with E-state index in [0.717, 1.165) is 4.57 Å². The molecule has 0 atom stereocenters. The van der Waals surface area contributed by atoms with Crippen LogP contribution in [0, 0.1) is 0 Å². The molecule has 5 heteroatoms. The lowest BCUT2D eigenvalue weighted by Gasteiger charge is -2.11. The van der Waals surface area contributed by atoms with E-state index in [1.165, 1.54) is 23.2 Å². The Bertz CT molecular complexity index is 341. The first kappa shape index (κ1) is 9.31. The minimum Gasteiger partial charge on any atom is -0.477 e. The van der Waals surface area contributed by atoms with Gasteiger partial charge in [0.2, 0.25) is 0 Å². The van der Waals surface area contributed by atoms with Crippen molar-refractivity contribution in [1.29, 1.82) is 0 Å². The highest BCUT2D eigenvalue weighted by Crippen LogP contribution is 2.03. The van der Waals surface area contributed by atoms with E-state index in [9.17, 15) is 9.59 Å². The predicted molar refractivity (Wildman–Crippen MR) is 45.9 cm³/mol. The molecular weight excluding hydrogens is 172 g/mol. The van der Waals surface area contributed by atoms with Crippen LogP contribution in [-0.4, -0.2) is 40.7 Å². The van der Waals surface area contributed by atoms with Gasteiger partial charge in [0.25, 0.3) is 0 Å². The van der Waals surface area contributed by atoms with E-state index in [1.54, 1.807) is 14.1 Å². The summed E-state index contributed by atoms with van der Waals surface area (Å²) in [6.45, 7) is 0. The minimum atomic E-state index is -1.11. The van der Waals surface area contributed by atoms with Gasteiger partial charge in [0.1, 0.15) is 5.69 Å². The fraction of sp³-hybridized carbons (Fsp3) is 0.250. The molecule has 0 saturated heterocycles. The number of carbonyl (C=O) groups excluding carboxylic acids is 1. The molecule has 1 aromatic heterocycles. The molecule has 0 unspecified atom stereocenters. The van der Waals surface area contributed by atoms with Crippen molar-refractivity contribution in [2.24, 2.45) is 0 Å². The topological polar surface area (TPSA) is 62.5 Å². The first-order valence-corrected chi connectivity index (χ1v) is 3.66. The van der Waals surface area contributed by atoms with E-state index in [-0.39, 0.29) is 11.7 Å². The van der Waals surface area contributed by atoms with Gasteiger partial charge >= 0.3 is 12.0 Å². The van der Waals surface area contributed by atoms with E-state index < -0.39 is 5.97 Å². The summed E-state index contributed by atoms with van der Waals surface area (Å²) < 4.78 is 1.09. The number of amides is 1. The van der Waals surface area contributed by atoms with Gasteiger partial charge in [-0.2, -0.15) is 0 Å². The van der Waals surface area contributed by atoms with Crippen molar-refractivity contribution < 1.29 is 14.7 Å². The molecule has 70 valence electrons. The average Bonchev–Trinajstić information content (AvgIpc) is 2.50. The summed E-state index contributed by atoms with van der Waals surface area (Å²) in [5.74, 6) is -1.11. The minimum absolute atomic E-state index is 0.0290. The Morgan fingerprint density at radius 1 is 1.46 bits per heavy atom. The van der Waals surface area contributed by atoms with Crippen LogP contribution in [0.4, 0.5) is 4.79 Å². The zero-order chi connectivity index (χ0) is 10.0. The van der Waals surface area contributed by atoms with Crippen LogP contribution >= 0.6 is 0 Å². The van der Waals surface area contributed by atoms with E-state index in [1.807, 2.05) is 0 Å². The Morgan fingerprint density at radius 2 is 2.08 bits per heavy atom. The van der Waals surface area contributed by atoms with Crippen LogP contribution in [0.5, 0.6) is 0 Å². The highest BCUT2D eigenvalue weighted by Gasteiger charge is 2.15. The summed E-state index contributed by atoms with van der Waals surface area (Å²) in [6, 6.07) is 2.52. The first-order valence-electron chi connectivity index (χ1n) is 3.66. The largest absolute Gasteiger partial charge is 0.477 e. The first-order chi connectivity index (χ1) is 6.04. The number of rotatable bonds is 1. The van der Waals surface area contributed by atoms with Crippen LogP contribution in [0.3, 0.4) is 0 Å². The smallest absolute Gasteiger partial charge is 0.353 e. The molecule has 1 amide bonds. The molecule has 0 radical (unpaired) electrons. The number of hydrogen-bond acceptors (Lipinski definition) is 2. The van der Waals surface area contributed by atoms with Crippen LogP contribution in [-0.2, 0) is 0 Å². The quantitative estimate of drug-likeness (QED) is 0.695. The molecular formula is C8H10N2O3. The molecule has 0 saturated carbocycles. The molecule has 1 heterocycles. The van der Waals surface area contributed by atoms with Gasteiger partial charge < -0.3 is 10.0 Å². The number of nitrogens with zero attached hydrogens (tertiary/aromatic N) is 2. The number of aromatic nitrogens is 1. The maximum absolute atomic E-state index is 11.4. The maximum atomic E-state index is 11.4. The maximum Gasteiger partial charge on any atom is 0.353 e. The van der Waals surface area contributed by atoms with Gasteiger partial charge in [0.15, 0.2) is 0 Å². The lowest BCUT2D eigenvalue weighted by atomic mass is 10.4. The summed E-state index contributed by atoms with van der Waals surface area (Å²) in [6.07, 6.45) is 1.42. The predicted octanol–water partition coefficient (Wildman–Crippen LogP) is 0.716. The van der Waals surface area contributed by atoms with Crippen LogP contribution in [0.15, 0.2) is 18.3 Å². The van der Waals surface area contributed by atoms with Crippen LogP contribution in [0.25, 0.3) is 0 Å². The van der Waals surface area contributed by atoms with Crippen molar-refractivity contribution in [3.8, 4) is 0 Å². The molecule has 0 bridgehead atoms. The second-order valence-corrected chi connectivity index (χ2v) is 2.75. The van der Waals surface area contributed by atoms with Gasteiger partial charge in [-0.3, -0.25) is 4.57 Å². The standard InChI is InChI=1S/C8H10N2O3/c1-9(2)8(13)10-5-3-4-6(10)7(11)12/h3-5H,1-2H3,(H,11,12). The van der Waals surface area contributed by atoms with E-state index in [2.05, 4.69) is 0 Å². The fourth-order valence-electron chi connectivity index (χ4n) is 0.937. The Morgan fingerprint density at radius 3 is 2.54 bits per heavy atom. The number of carboxylic acid groups (broad SMARTS) is 1. The molecule has 1 rings (SSSR count). The van der Waals surface area contributed by atoms with Crippen molar-refractivity contribution in [2.75, 3.05) is 14.1 Å². The Hall–Kier alpha value is -1.78. The Kier molecular flexibility index (Phi) is 2.36. The SMILES string of the molecule is CN(C)C(=O)n1cccc1C(=O)O. The van der Waals surface area contributed by atoms with Crippen LogP contribution in [0.2, 0.25) is 0 Å². The molecule has 0 aliphatic carbocycles. The lowest BCUT2D eigenvalue weighted by molar-refractivity contribution is 0.0686. The van der Waals surface area contributed by atoms with Gasteiger partial charge in [-0.05, 0) is 12.1 Å². The van der Waals surface area contributed by atoms with Crippen molar-refractivity contribution in [1.82, 2.24) is 9.47 Å². The Balaban J connectivity index is 3.08. The van der Waals surface area contributed by atoms with Gasteiger partial charge in [-0.15, -0.1) is 0 Å². The van der Waals surface area contributed by atoms with Gasteiger partial charge in [-0.25, -0.2) is 9.59 Å². The molecule has 0 fully saturated rings. The number of carboxylic acids is 1. The normalized spacial score (nSPS) is 9.69. The molecule has 1 aromatic rings. The highest BCUT2D eigenvalue weighted by atomic mass is 16.4. The third-order valence-electron chi connectivity index (χ3n) is 1.56. The number of aromatic carboxylic acids is 1. The second kappa shape index (κ2) is 3.30. The summed E-state index contributed by atoms with van der Waals surface area (Å²) in [5.41, 5.74) is -0.0290. The van der Waals surface area contributed by atoms with Gasteiger partial charge in [0, 0.05) is 20.3 Å². The molecule has 13 heavy (non-hydrogen) atoms. The van der Waals surface area contributed by atoms with E-state index >= 15 is 0 Å². The van der Waals surface area contributed by atoms with Gasteiger partial charge in [0.05, 0.1) is 0 Å². The van der Waals surface area contributed by atoms with E-state index in [4.69, 9.17) is 5.11 Å². The third-order valence-corrected chi connectivity index (χ3v) is 1.56. The third kappa shape index (κ3) is 1.69. The lowest BCUT2D eigenvalue weighted by Crippen LogP contribution is -2.28. The van der Waals surface area contributed by atoms with Gasteiger partial charge in [-0.1, -0.05) is 0 Å². The van der Waals surface area contributed by atoms with Crippen molar-refractivity contribution in [3.63, 3.8) is 0 Å². The molecule has 0 aromatic carbocycles. The number of hydrogen-bond donors (Lipinski definition) is 1. The van der Waals surface area contributed by atoms with Crippen molar-refractivity contribution in [2.45, 2.75) is 0 Å². The summed E-state index contributed by atoms with van der Waals surface area (Å²) in [5, 5.41) is 8.69. The monoisotopic (exact) mass is 182 g/mol. The average molecular weight is 182 g/mol. The molecule has 1 N–H and O–H groups in total. The zero-order valence-electron chi connectivity index (χ0n) is 7.39. The molecule has 5 nitrogen and oxygen atoms in total. The van der Waals surface area contributed by atoms with Crippen molar-refractivity contribution >= 4 is 12.0 Å².